The Morgan fingerprint density at radius 3 is 2.46 bits per heavy atom. The molecular formula is C19H20ClNO5. The van der Waals surface area contributed by atoms with Crippen LogP contribution in [0.15, 0.2) is 42.5 Å². The van der Waals surface area contributed by atoms with Crippen molar-refractivity contribution in [2.75, 3.05) is 20.8 Å². The highest BCUT2D eigenvalue weighted by atomic mass is 35.5. The minimum atomic E-state index is -0.679. The van der Waals surface area contributed by atoms with Gasteiger partial charge in [0.2, 0.25) is 0 Å². The first-order valence-corrected chi connectivity index (χ1v) is 8.27. The first-order chi connectivity index (χ1) is 12.5. The molecule has 2 aromatic carbocycles. The van der Waals surface area contributed by atoms with Crippen LogP contribution < -0.4 is 14.8 Å². The SMILES string of the molecule is COc1cccc(C(=O)OCC(=O)N[C@@H](C)c2ccccc2Cl)c1OC. The number of amides is 1. The molecule has 1 N–H and O–H groups in total. The van der Waals surface area contributed by atoms with E-state index in [1.165, 1.54) is 20.3 Å². The molecule has 26 heavy (non-hydrogen) atoms. The number of carbonyl (C=O) groups excluding carboxylic acids is 2. The van der Waals surface area contributed by atoms with Gasteiger partial charge in [-0.25, -0.2) is 4.79 Å². The Hall–Kier alpha value is -2.73. The highest BCUT2D eigenvalue weighted by Crippen LogP contribution is 2.31. The molecule has 0 saturated carbocycles. The lowest BCUT2D eigenvalue weighted by molar-refractivity contribution is -0.124. The second-order valence-corrected chi connectivity index (χ2v) is 5.84. The fourth-order valence-corrected chi connectivity index (χ4v) is 2.74. The van der Waals surface area contributed by atoms with Gasteiger partial charge in [0.05, 0.1) is 20.3 Å². The highest BCUT2D eigenvalue weighted by molar-refractivity contribution is 6.31. The molecule has 0 unspecified atom stereocenters. The van der Waals surface area contributed by atoms with E-state index in [1.807, 2.05) is 18.2 Å². The van der Waals surface area contributed by atoms with Crippen LogP contribution in [-0.4, -0.2) is 32.7 Å². The summed E-state index contributed by atoms with van der Waals surface area (Å²) in [6, 6.07) is 11.7. The van der Waals surface area contributed by atoms with Crippen molar-refractivity contribution in [1.29, 1.82) is 0 Å². The highest BCUT2D eigenvalue weighted by Gasteiger charge is 2.19. The molecule has 0 fully saturated rings. The largest absolute Gasteiger partial charge is 0.493 e. The van der Waals surface area contributed by atoms with Crippen molar-refractivity contribution in [2.45, 2.75) is 13.0 Å². The minimum absolute atomic E-state index is 0.179. The second-order valence-electron chi connectivity index (χ2n) is 5.43. The van der Waals surface area contributed by atoms with E-state index < -0.39 is 18.5 Å². The lowest BCUT2D eigenvalue weighted by atomic mass is 10.1. The summed E-state index contributed by atoms with van der Waals surface area (Å²) in [5.74, 6) is -0.461. The average Bonchev–Trinajstić information content (AvgIpc) is 2.65. The monoisotopic (exact) mass is 377 g/mol. The van der Waals surface area contributed by atoms with Gasteiger partial charge in [0.25, 0.3) is 5.91 Å². The Morgan fingerprint density at radius 2 is 1.81 bits per heavy atom. The van der Waals surface area contributed by atoms with E-state index in [9.17, 15) is 9.59 Å². The number of methoxy groups -OCH3 is 2. The smallest absolute Gasteiger partial charge is 0.342 e. The van der Waals surface area contributed by atoms with Gasteiger partial charge < -0.3 is 19.5 Å². The maximum atomic E-state index is 12.2. The molecule has 6 nitrogen and oxygen atoms in total. The first kappa shape index (κ1) is 19.6. The third kappa shape index (κ3) is 4.67. The zero-order chi connectivity index (χ0) is 19.1. The fraction of sp³-hybridized carbons (Fsp3) is 0.263. The average molecular weight is 378 g/mol. The Bertz CT molecular complexity index is 793. The van der Waals surface area contributed by atoms with Gasteiger partial charge in [0, 0.05) is 5.02 Å². The fourth-order valence-electron chi connectivity index (χ4n) is 2.44. The molecule has 2 rings (SSSR count). The van der Waals surface area contributed by atoms with Gasteiger partial charge in [-0.05, 0) is 30.7 Å². The number of para-hydroxylation sites is 1. The maximum absolute atomic E-state index is 12.2. The summed E-state index contributed by atoms with van der Waals surface area (Å²) < 4.78 is 15.4. The van der Waals surface area contributed by atoms with Crippen molar-refractivity contribution in [3.05, 3.63) is 58.6 Å². The molecule has 0 aromatic heterocycles. The molecule has 1 amide bonds. The van der Waals surface area contributed by atoms with Crippen LogP contribution >= 0.6 is 11.6 Å². The molecule has 0 heterocycles. The number of hydrogen-bond acceptors (Lipinski definition) is 5. The van der Waals surface area contributed by atoms with Crippen molar-refractivity contribution >= 4 is 23.5 Å². The van der Waals surface area contributed by atoms with E-state index in [0.717, 1.165) is 5.56 Å². The summed E-state index contributed by atoms with van der Waals surface area (Å²) in [7, 11) is 2.89. The predicted octanol–water partition coefficient (Wildman–Crippen LogP) is 3.39. The van der Waals surface area contributed by atoms with E-state index in [4.69, 9.17) is 25.8 Å². The Kier molecular flexibility index (Phi) is 6.86. The number of hydrogen-bond donors (Lipinski definition) is 1. The van der Waals surface area contributed by atoms with Crippen LogP contribution in [0.1, 0.15) is 28.9 Å². The van der Waals surface area contributed by atoms with Crippen LogP contribution in [0.4, 0.5) is 0 Å². The van der Waals surface area contributed by atoms with E-state index in [0.29, 0.717) is 10.8 Å². The predicted molar refractivity (Wildman–Crippen MR) is 97.8 cm³/mol. The molecule has 0 radical (unpaired) electrons. The maximum Gasteiger partial charge on any atom is 0.342 e. The normalized spacial score (nSPS) is 11.4. The minimum Gasteiger partial charge on any atom is -0.493 e. The third-order valence-corrected chi connectivity index (χ3v) is 4.05. The second kappa shape index (κ2) is 9.10. The lowest BCUT2D eigenvalue weighted by Crippen LogP contribution is -2.31. The van der Waals surface area contributed by atoms with Crippen LogP contribution in [-0.2, 0) is 9.53 Å². The van der Waals surface area contributed by atoms with Gasteiger partial charge in [-0.15, -0.1) is 0 Å². The Labute approximate surface area is 157 Å². The topological polar surface area (TPSA) is 73.9 Å². The van der Waals surface area contributed by atoms with Crippen LogP contribution in [0.25, 0.3) is 0 Å². The molecule has 0 saturated heterocycles. The number of nitrogens with one attached hydrogen (secondary N) is 1. The van der Waals surface area contributed by atoms with Crippen molar-refractivity contribution in [3.63, 3.8) is 0 Å². The van der Waals surface area contributed by atoms with E-state index in [2.05, 4.69) is 5.32 Å². The van der Waals surface area contributed by atoms with Gasteiger partial charge in [-0.1, -0.05) is 35.9 Å². The van der Waals surface area contributed by atoms with Crippen LogP contribution in [0.5, 0.6) is 11.5 Å². The van der Waals surface area contributed by atoms with E-state index >= 15 is 0 Å². The van der Waals surface area contributed by atoms with Gasteiger partial charge in [0.1, 0.15) is 5.56 Å². The van der Waals surface area contributed by atoms with Crippen LogP contribution in [0.3, 0.4) is 0 Å². The van der Waals surface area contributed by atoms with E-state index in [-0.39, 0.29) is 17.4 Å². The molecule has 0 spiro atoms. The molecule has 1 atom stereocenters. The van der Waals surface area contributed by atoms with E-state index in [1.54, 1.807) is 25.1 Å². The number of benzene rings is 2. The number of rotatable bonds is 7. The molecular weight excluding hydrogens is 358 g/mol. The van der Waals surface area contributed by atoms with Crippen molar-refractivity contribution in [3.8, 4) is 11.5 Å². The first-order valence-electron chi connectivity index (χ1n) is 7.89. The molecule has 0 aliphatic rings. The summed E-state index contributed by atoms with van der Waals surface area (Å²) in [6.45, 7) is 1.38. The quantitative estimate of drug-likeness (QED) is 0.748. The third-order valence-electron chi connectivity index (χ3n) is 3.71. The van der Waals surface area contributed by atoms with Crippen molar-refractivity contribution < 1.29 is 23.8 Å². The van der Waals surface area contributed by atoms with Crippen molar-refractivity contribution in [2.24, 2.45) is 0 Å². The summed E-state index contributed by atoms with van der Waals surface area (Å²) in [5, 5.41) is 3.29. The standard InChI is InChI=1S/C19H20ClNO5/c1-12(13-7-4-5-9-15(13)20)21-17(22)11-26-19(23)14-8-6-10-16(24-2)18(14)25-3/h4-10,12H,11H2,1-3H3,(H,21,22)/t12-/m0/s1. The van der Waals surface area contributed by atoms with Crippen LogP contribution in [0.2, 0.25) is 5.02 Å². The summed E-state index contributed by atoms with van der Waals surface area (Å²) in [5.41, 5.74) is 0.960. The zero-order valence-corrected chi connectivity index (χ0v) is 15.5. The number of halogens is 1. The number of carbonyl (C=O) groups is 2. The zero-order valence-electron chi connectivity index (χ0n) is 14.7. The van der Waals surface area contributed by atoms with Gasteiger partial charge in [-0.2, -0.15) is 0 Å². The Balaban J connectivity index is 1.97. The molecule has 2 aromatic rings. The van der Waals surface area contributed by atoms with Gasteiger partial charge >= 0.3 is 5.97 Å². The lowest BCUT2D eigenvalue weighted by Gasteiger charge is -2.16. The molecule has 7 heteroatoms. The molecule has 0 bridgehead atoms. The summed E-state index contributed by atoms with van der Waals surface area (Å²) in [6.07, 6.45) is 0. The summed E-state index contributed by atoms with van der Waals surface area (Å²) in [4.78, 5) is 24.3. The Morgan fingerprint density at radius 1 is 1.08 bits per heavy atom. The molecule has 0 aliphatic carbocycles. The van der Waals surface area contributed by atoms with Crippen LogP contribution in [0, 0.1) is 0 Å². The number of esters is 1. The number of ether oxygens (including phenoxy) is 3. The molecule has 0 aliphatic heterocycles. The van der Waals surface area contributed by atoms with Gasteiger partial charge in [0.15, 0.2) is 18.1 Å². The summed E-state index contributed by atoms with van der Waals surface area (Å²) >= 11 is 6.11. The molecule has 138 valence electrons. The van der Waals surface area contributed by atoms with Crippen molar-refractivity contribution in [1.82, 2.24) is 5.32 Å². The van der Waals surface area contributed by atoms with Gasteiger partial charge in [-0.3, -0.25) is 4.79 Å².